The predicted molar refractivity (Wildman–Crippen MR) is 124 cm³/mol. The third-order valence-corrected chi connectivity index (χ3v) is 5.97. The molecule has 0 radical (unpaired) electrons. The summed E-state index contributed by atoms with van der Waals surface area (Å²) in [6.45, 7) is 3.22. The molecule has 30 heavy (non-hydrogen) atoms. The van der Waals surface area contributed by atoms with Gasteiger partial charge >= 0.3 is 0 Å². The van der Waals surface area contributed by atoms with Gasteiger partial charge in [0.1, 0.15) is 0 Å². The van der Waals surface area contributed by atoms with Crippen LogP contribution in [0.5, 0.6) is 0 Å². The smallest absolute Gasteiger partial charge is 0.277 e. The Labute approximate surface area is 186 Å². The number of amides is 1. The van der Waals surface area contributed by atoms with Crippen LogP contribution in [0.2, 0.25) is 0 Å². The van der Waals surface area contributed by atoms with E-state index in [1.165, 1.54) is 108 Å². The van der Waals surface area contributed by atoms with Gasteiger partial charge in [0.2, 0.25) is 0 Å². The van der Waals surface area contributed by atoms with Crippen molar-refractivity contribution in [3.8, 4) is 0 Å². The zero-order chi connectivity index (χ0) is 22.7. The number of carbonyl (C=O) groups is 2. The molecule has 0 aromatic carbocycles. The van der Waals surface area contributed by atoms with Crippen LogP contribution in [0, 0.1) is 0 Å². The second kappa shape index (κ2) is 18.7. The highest BCUT2D eigenvalue weighted by atomic mass is 16.4. The molecule has 0 saturated carbocycles. The van der Waals surface area contributed by atoms with E-state index in [2.05, 4.69) is 6.92 Å². The quantitative estimate of drug-likeness (QED) is 0.200. The summed E-state index contributed by atoms with van der Waals surface area (Å²) >= 11 is 0. The minimum Gasteiger partial charge on any atom is -0.548 e. The number of carboxylic acid groups (broad SMARTS) is 1. The molecule has 0 saturated heterocycles. The number of likely N-dealkylation sites (N-methyl/N-ethyl adjacent to an activating group) is 2. The number of carbonyl (C=O) groups excluding carboxylic acids is 2. The third kappa shape index (κ3) is 18.9. The maximum absolute atomic E-state index is 12.1. The Hall–Kier alpha value is -1.10. The lowest BCUT2D eigenvalue weighted by molar-refractivity contribution is -0.882. The molecule has 5 nitrogen and oxygen atoms in total. The van der Waals surface area contributed by atoms with Gasteiger partial charge in [0.15, 0.2) is 6.54 Å². The largest absolute Gasteiger partial charge is 0.548 e. The van der Waals surface area contributed by atoms with Crippen LogP contribution in [-0.4, -0.2) is 62.0 Å². The van der Waals surface area contributed by atoms with Crippen molar-refractivity contribution >= 4 is 11.9 Å². The maximum Gasteiger partial charge on any atom is 0.277 e. The summed E-state index contributed by atoms with van der Waals surface area (Å²) in [4.78, 5) is 23.9. The Kier molecular flexibility index (Phi) is 18.0. The molecule has 5 heteroatoms. The van der Waals surface area contributed by atoms with Crippen LogP contribution in [0.15, 0.2) is 0 Å². The zero-order valence-electron chi connectivity index (χ0n) is 20.6. The average Bonchev–Trinajstić information content (AvgIpc) is 2.66. The number of rotatable bonds is 21. The molecule has 0 unspecified atom stereocenters. The van der Waals surface area contributed by atoms with Gasteiger partial charge < -0.3 is 19.3 Å². The minimum atomic E-state index is -1.21. The lowest BCUT2D eigenvalue weighted by Crippen LogP contribution is -2.50. The molecule has 178 valence electrons. The second-order valence-electron chi connectivity index (χ2n) is 9.74. The van der Waals surface area contributed by atoms with Crippen LogP contribution in [0.1, 0.15) is 110 Å². The Morgan fingerprint density at radius 3 is 1.43 bits per heavy atom. The first-order valence-corrected chi connectivity index (χ1v) is 12.5. The minimum absolute atomic E-state index is 0.138. The van der Waals surface area contributed by atoms with Crippen molar-refractivity contribution in [1.29, 1.82) is 0 Å². The van der Waals surface area contributed by atoms with E-state index in [9.17, 15) is 14.7 Å². The van der Waals surface area contributed by atoms with Gasteiger partial charge in [0, 0.05) is 7.05 Å². The second-order valence-corrected chi connectivity index (χ2v) is 9.74. The number of hydrogen-bond acceptors (Lipinski definition) is 3. The highest BCUT2D eigenvalue weighted by Crippen LogP contribution is 2.14. The van der Waals surface area contributed by atoms with Crippen molar-refractivity contribution in [3.63, 3.8) is 0 Å². The van der Waals surface area contributed by atoms with Crippen molar-refractivity contribution in [1.82, 2.24) is 4.90 Å². The lowest BCUT2D eigenvalue weighted by Gasteiger charge is -2.31. The van der Waals surface area contributed by atoms with E-state index in [1.54, 1.807) is 0 Å². The van der Waals surface area contributed by atoms with Crippen LogP contribution in [0.25, 0.3) is 0 Å². The van der Waals surface area contributed by atoms with Gasteiger partial charge in [0.25, 0.3) is 5.91 Å². The summed E-state index contributed by atoms with van der Waals surface area (Å²) in [6.07, 6.45) is 21.7. The Morgan fingerprint density at radius 1 is 0.700 bits per heavy atom. The first-order valence-electron chi connectivity index (χ1n) is 12.5. The fourth-order valence-corrected chi connectivity index (χ4v) is 3.94. The van der Waals surface area contributed by atoms with Crippen molar-refractivity contribution in [2.45, 2.75) is 110 Å². The molecular weight excluding hydrogens is 376 g/mol. The fraction of sp³-hybridized carbons (Fsp3) is 0.920. The molecule has 0 aromatic heterocycles. The topological polar surface area (TPSA) is 60.4 Å². The number of hydrogen-bond donors (Lipinski definition) is 0. The standard InChI is InChI=1S/C25H50N2O3/c1-5-6-7-8-9-10-11-12-13-14-15-16-17-18-19-20-21-27(3,4)23-24(28)26(2)22-25(29)30/h5-23H2,1-4H3. The molecule has 0 heterocycles. The van der Waals surface area contributed by atoms with Gasteiger partial charge in [-0.25, -0.2) is 0 Å². The first kappa shape index (κ1) is 28.9. The van der Waals surface area contributed by atoms with E-state index in [-0.39, 0.29) is 12.5 Å². The molecule has 0 aliphatic heterocycles. The Bertz CT molecular complexity index is 438. The lowest BCUT2D eigenvalue weighted by atomic mass is 10.0. The molecule has 0 bridgehead atoms. The van der Waals surface area contributed by atoms with Gasteiger partial charge in [-0.1, -0.05) is 96.8 Å². The third-order valence-electron chi connectivity index (χ3n) is 5.97. The van der Waals surface area contributed by atoms with E-state index < -0.39 is 5.97 Å². The monoisotopic (exact) mass is 426 g/mol. The number of quaternary nitrogens is 1. The molecule has 0 aliphatic rings. The van der Waals surface area contributed by atoms with Crippen molar-refractivity contribution in [2.24, 2.45) is 0 Å². The van der Waals surface area contributed by atoms with Gasteiger partial charge in [-0.05, 0) is 12.8 Å². The highest BCUT2D eigenvalue weighted by molar-refractivity contribution is 5.81. The average molecular weight is 427 g/mol. The molecule has 0 atom stereocenters. The van der Waals surface area contributed by atoms with Gasteiger partial charge in [-0.3, -0.25) is 4.79 Å². The number of aliphatic carboxylic acids is 1. The van der Waals surface area contributed by atoms with Crippen molar-refractivity contribution in [3.05, 3.63) is 0 Å². The SMILES string of the molecule is CCCCCCCCCCCCCCCCCC[N+](C)(C)CC(=O)N(C)CC(=O)[O-]. The van der Waals surface area contributed by atoms with Crippen molar-refractivity contribution in [2.75, 3.05) is 40.8 Å². The van der Waals surface area contributed by atoms with Crippen molar-refractivity contribution < 1.29 is 19.2 Å². The van der Waals surface area contributed by atoms with E-state index in [0.29, 0.717) is 11.0 Å². The van der Waals surface area contributed by atoms with Gasteiger partial charge in [0.05, 0.1) is 33.2 Å². The summed E-state index contributed by atoms with van der Waals surface area (Å²) in [5, 5.41) is 10.6. The van der Waals surface area contributed by atoms with E-state index in [1.807, 2.05) is 14.1 Å². The Morgan fingerprint density at radius 2 is 1.07 bits per heavy atom. The van der Waals surface area contributed by atoms with Gasteiger partial charge in [-0.2, -0.15) is 0 Å². The summed E-state index contributed by atoms with van der Waals surface area (Å²) < 4.78 is 0.606. The molecule has 0 spiro atoms. The molecule has 0 aromatic rings. The zero-order valence-corrected chi connectivity index (χ0v) is 20.6. The number of unbranched alkanes of at least 4 members (excludes halogenated alkanes) is 15. The normalized spacial score (nSPS) is 11.6. The van der Waals surface area contributed by atoms with E-state index in [0.717, 1.165) is 13.0 Å². The van der Waals surface area contributed by atoms with Gasteiger partial charge in [-0.15, -0.1) is 0 Å². The van der Waals surface area contributed by atoms with E-state index >= 15 is 0 Å². The molecule has 0 N–H and O–H groups in total. The molecule has 0 rings (SSSR count). The maximum atomic E-state index is 12.1. The summed E-state index contributed by atoms with van der Waals surface area (Å²) in [7, 11) is 5.60. The molecular formula is C25H50N2O3. The Balaban J connectivity index is 3.48. The first-order chi connectivity index (χ1) is 14.3. The fourth-order valence-electron chi connectivity index (χ4n) is 3.94. The van der Waals surface area contributed by atoms with E-state index in [4.69, 9.17) is 0 Å². The highest BCUT2D eigenvalue weighted by Gasteiger charge is 2.22. The summed E-state index contributed by atoms with van der Waals surface area (Å²) in [6, 6.07) is 0. The van der Waals surface area contributed by atoms with Crippen LogP contribution in [0.3, 0.4) is 0 Å². The number of carboxylic acids is 1. The molecule has 0 fully saturated rings. The van der Waals surface area contributed by atoms with Crippen LogP contribution >= 0.6 is 0 Å². The van der Waals surface area contributed by atoms with Crippen LogP contribution < -0.4 is 5.11 Å². The van der Waals surface area contributed by atoms with Crippen LogP contribution in [-0.2, 0) is 9.59 Å². The summed E-state index contributed by atoms with van der Waals surface area (Å²) in [5.41, 5.74) is 0. The summed E-state index contributed by atoms with van der Waals surface area (Å²) in [5.74, 6) is -1.35. The molecule has 1 amide bonds. The number of nitrogens with zero attached hydrogens (tertiary/aromatic N) is 2. The van der Waals surface area contributed by atoms with Crippen LogP contribution in [0.4, 0.5) is 0 Å². The predicted octanol–water partition coefficient (Wildman–Crippen LogP) is 4.53. The molecule has 0 aliphatic carbocycles.